The van der Waals surface area contributed by atoms with Crippen molar-refractivity contribution in [3.8, 4) is 0 Å². The molecule has 20 heavy (non-hydrogen) atoms. The summed E-state index contributed by atoms with van der Waals surface area (Å²) in [6.45, 7) is 4.97. The molecule has 108 valence electrons. The van der Waals surface area contributed by atoms with E-state index in [0.717, 1.165) is 16.7 Å². The van der Waals surface area contributed by atoms with Crippen LogP contribution in [0.4, 0.5) is 0 Å². The Labute approximate surface area is 118 Å². The SMILES string of the molecule is COC(=O)C(NCCCN=[N+]=[N-])c1cc(C)cc(C)c1. The molecule has 0 heterocycles. The fourth-order valence-corrected chi connectivity index (χ4v) is 2.07. The molecule has 0 spiro atoms. The molecular formula is C14H20N4O2. The highest BCUT2D eigenvalue weighted by molar-refractivity contribution is 5.77. The van der Waals surface area contributed by atoms with Gasteiger partial charge in [-0.25, -0.2) is 4.79 Å². The van der Waals surface area contributed by atoms with Gasteiger partial charge >= 0.3 is 5.97 Å². The maximum Gasteiger partial charge on any atom is 0.327 e. The van der Waals surface area contributed by atoms with Crippen molar-refractivity contribution in [2.75, 3.05) is 20.2 Å². The summed E-state index contributed by atoms with van der Waals surface area (Å²) in [4.78, 5) is 14.6. The summed E-state index contributed by atoms with van der Waals surface area (Å²) in [5, 5.41) is 6.60. The lowest BCUT2D eigenvalue weighted by molar-refractivity contribution is -0.143. The summed E-state index contributed by atoms with van der Waals surface area (Å²) >= 11 is 0. The number of ether oxygens (including phenoxy) is 1. The van der Waals surface area contributed by atoms with Crippen molar-refractivity contribution in [3.05, 3.63) is 45.3 Å². The molecular weight excluding hydrogens is 256 g/mol. The highest BCUT2D eigenvalue weighted by Gasteiger charge is 2.20. The van der Waals surface area contributed by atoms with Crippen molar-refractivity contribution >= 4 is 5.97 Å². The Kier molecular flexibility index (Phi) is 6.56. The largest absolute Gasteiger partial charge is 0.468 e. The third-order valence-electron chi connectivity index (χ3n) is 2.86. The van der Waals surface area contributed by atoms with Crippen molar-refractivity contribution in [1.82, 2.24) is 5.32 Å². The van der Waals surface area contributed by atoms with Crippen LogP contribution in [0.15, 0.2) is 23.3 Å². The standard InChI is InChI=1S/C14H20N4O2/c1-10-7-11(2)9-12(8-10)13(14(19)20-3)16-5-4-6-17-18-15/h7-9,13,16H,4-6H2,1-3H3. The summed E-state index contributed by atoms with van der Waals surface area (Å²) in [5.41, 5.74) is 11.3. The van der Waals surface area contributed by atoms with E-state index in [2.05, 4.69) is 21.4 Å². The summed E-state index contributed by atoms with van der Waals surface area (Å²) in [5.74, 6) is -0.321. The van der Waals surface area contributed by atoms with E-state index in [1.807, 2.05) is 26.0 Å². The van der Waals surface area contributed by atoms with Gasteiger partial charge in [-0.3, -0.25) is 0 Å². The highest BCUT2D eigenvalue weighted by atomic mass is 16.5. The number of rotatable bonds is 7. The number of carbonyl (C=O) groups is 1. The van der Waals surface area contributed by atoms with E-state index in [0.29, 0.717) is 19.5 Å². The molecule has 0 saturated carbocycles. The molecule has 1 aromatic rings. The van der Waals surface area contributed by atoms with Crippen LogP contribution in [0, 0.1) is 13.8 Å². The minimum absolute atomic E-state index is 0.321. The summed E-state index contributed by atoms with van der Waals surface area (Å²) in [6, 6.07) is 5.49. The zero-order valence-electron chi connectivity index (χ0n) is 12.1. The number of benzene rings is 1. The molecule has 0 aromatic heterocycles. The van der Waals surface area contributed by atoms with Gasteiger partial charge < -0.3 is 10.1 Å². The average Bonchev–Trinajstić information content (AvgIpc) is 2.41. The molecule has 0 amide bonds. The van der Waals surface area contributed by atoms with E-state index in [4.69, 9.17) is 10.3 Å². The maximum absolute atomic E-state index is 11.9. The first kappa shape index (κ1) is 16.0. The van der Waals surface area contributed by atoms with Crippen LogP contribution in [0.25, 0.3) is 10.4 Å². The molecule has 1 atom stereocenters. The number of methoxy groups -OCH3 is 1. The van der Waals surface area contributed by atoms with Gasteiger partial charge in [0.15, 0.2) is 0 Å². The van der Waals surface area contributed by atoms with Crippen LogP contribution in [0.2, 0.25) is 0 Å². The number of aryl methyl sites for hydroxylation is 2. The second-order valence-corrected chi connectivity index (χ2v) is 4.64. The molecule has 1 aromatic carbocycles. The lowest BCUT2D eigenvalue weighted by atomic mass is 10.0. The molecule has 6 heteroatoms. The minimum Gasteiger partial charge on any atom is -0.468 e. The number of hydrogen-bond donors (Lipinski definition) is 1. The minimum atomic E-state index is -0.496. The van der Waals surface area contributed by atoms with Crippen LogP contribution in [-0.4, -0.2) is 26.2 Å². The Bertz CT molecular complexity index is 490. The summed E-state index contributed by atoms with van der Waals surface area (Å²) < 4.78 is 4.84. The molecule has 1 rings (SSSR count). The predicted octanol–water partition coefficient (Wildman–Crippen LogP) is 2.81. The first-order valence-corrected chi connectivity index (χ1v) is 6.48. The van der Waals surface area contributed by atoms with E-state index in [1.165, 1.54) is 7.11 Å². The molecule has 0 saturated heterocycles. The Morgan fingerprint density at radius 1 is 1.40 bits per heavy atom. The normalized spacial score (nSPS) is 11.6. The monoisotopic (exact) mass is 276 g/mol. The Hall–Kier alpha value is -2.04. The first-order valence-electron chi connectivity index (χ1n) is 6.48. The Morgan fingerprint density at radius 2 is 2.05 bits per heavy atom. The van der Waals surface area contributed by atoms with E-state index in [9.17, 15) is 4.79 Å². The van der Waals surface area contributed by atoms with E-state index < -0.39 is 6.04 Å². The van der Waals surface area contributed by atoms with Crippen LogP contribution in [-0.2, 0) is 9.53 Å². The number of azide groups is 1. The molecule has 0 aliphatic rings. The fourth-order valence-electron chi connectivity index (χ4n) is 2.07. The molecule has 1 N–H and O–H groups in total. The van der Waals surface area contributed by atoms with Gasteiger partial charge in [0.2, 0.25) is 0 Å². The number of carbonyl (C=O) groups excluding carboxylic acids is 1. The van der Waals surface area contributed by atoms with Crippen LogP contribution in [0.3, 0.4) is 0 Å². The quantitative estimate of drug-likeness (QED) is 0.273. The van der Waals surface area contributed by atoms with Crippen molar-refractivity contribution in [1.29, 1.82) is 0 Å². The van der Waals surface area contributed by atoms with Crippen LogP contribution >= 0.6 is 0 Å². The predicted molar refractivity (Wildman–Crippen MR) is 77.3 cm³/mol. The van der Waals surface area contributed by atoms with Gasteiger partial charge in [0, 0.05) is 11.5 Å². The summed E-state index contributed by atoms with van der Waals surface area (Å²) in [6.07, 6.45) is 0.669. The Morgan fingerprint density at radius 3 is 2.60 bits per heavy atom. The topological polar surface area (TPSA) is 87.1 Å². The van der Waals surface area contributed by atoms with Gasteiger partial charge in [-0.2, -0.15) is 0 Å². The third kappa shape index (κ3) is 4.91. The number of hydrogen-bond acceptors (Lipinski definition) is 4. The van der Waals surface area contributed by atoms with Crippen LogP contribution in [0.5, 0.6) is 0 Å². The van der Waals surface area contributed by atoms with Crippen LogP contribution < -0.4 is 5.32 Å². The van der Waals surface area contributed by atoms with Crippen molar-refractivity contribution in [3.63, 3.8) is 0 Å². The fraction of sp³-hybridized carbons (Fsp3) is 0.500. The van der Waals surface area contributed by atoms with Gasteiger partial charge in [-0.15, -0.1) is 0 Å². The number of nitrogens with zero attached hydrogens (tertiary/aromatic N) is 3. The van der Waals surface area contributed by atoms with Crippen LogP contribution in [0.1, 0.15) is 29.2 Å². The van der Waals surface area contributed by atoms with E-state index in [-0.39, 0.29) is 5.97 Å². The number of esters is 1. The first-order chi connectivity index (χ1) is 9.58. The lowest BCUT2D eigenvalue weighted by Crippen LogP contribution is -2.30. The smallest absolute Gasteiger partial charge is 0.327 e. The average molecular weight is 276 g/mol. The van der Waals surface area contributed by atoms with Gasteiger partial charge in [0.05, 0.1) is 7.11 Å². The zero-order chi connectivity index (χ0) is 15.0. The maximum atomic E-state index is 11.9. The Balaban J connectivity index is 2.78. The molecule has 0 aliphatic heterocycles. The van der Waals surface area contributed by atoms with Gasteiger partial charge in [-0.1, -0.05) is 34.4 Å². The second-order valence-electron chi connectivity index (χ2n) is 4.64. The van der Waals surface area contributed by atoms with E-state index >= 15 is 0 Å². The molecule has 0 bridgehead atoms. The third-order valence-corrected chi connectivity index (χ3v) is 2.86. The van der Waals surface area contributed by atoms with Crippen molar-refractivity contribution in [2.24, 2.45) is 5.11 Å². The van der Waals surface area contributed by atoms with Crippen molar-refractivity contribution in [2.45, 2.75) is 26.3 Å². The molecule has 0 radical (unpaired) electrons. The second kappa shape index (κ2) is 8.19. The molecule has 0 aliphatic carbocycles. The van der Waals surface area contributed by atoms with Gasteiger partial charge in [0.25, 0.3) is 0 Å². The zero-order valence-corrected chi connectivity index (χ0v) is 12.1. The molecule has 0 fully saturated rings. The lowest BCUT2D eigenvalue weighted by Gasteiger charge is -2.17. The van der Waals surface area contributed by atoms with Gasteiger partial charge in [-0.05, 0) is 37.9 Å². The summed E-state index contributed by atoms with van der Waals surface area (Å²) in [7, 11) is 1.37. The number of nitrogens with one attached hydrogen (secondary N) is 1. The van der Waals surface area contributed by atoms with Gasteiger partial charge in [0.1, 0.15) is 6.04 Å². The molecule has 1 unspecified atom stereocenters. The van der Waals surface area contributed by atoms with E-state index in [1.54, 1.807) is 0 Å². The molecule has 6 nitrogen and oxygen atoms in total. The highest BCUT2D eigenvalue weighted by Crippen LogP contribution is 2.18. The van der Waals surface area contributed by atoms with Crippen molar-refractivity contribution < 1.29 is 9.53 Å².